The van der Waals surface area contributed by atoms with Gasteiger partial charge in [-0.1, -0.05) is 24.3 Å². The number of para-hydroxylation sites is 1. The smallest absolute Gasteiger partial charge is 0.387 e. The Bertz CT molecular complexity index is 1770. The number of H-pyrrole nitrogens is 1. The van der Waals surface area contributed by atoms with Crippen molar-refractivity contribution in [2.75, 3.05) is 18.0 Å². The molecule has 4 heterocycles. The summed E-state index contributed by atoms with van der Waals surface area (Å²) in [5, 5.41) is 0.514. The summed E-state index contributed by atoms with van der Waals surface area (Å²) in [6.07, 6.45) is 5.20. The molecule has 0 bridgehead atoms. The predicted octanol–water partition coefficient (Wildman–Crippen LogP) is 3.98. The van der Waals surface area contributed by atoms with Crippen molar-refractivity contribution in [3.8, 4) is 16.9 Å². The lowest BCUT2D eigenvalue weighted by Crippen LogP contribution is -2.34. The molecule has 10 nitrogen and oxygen atoms in total. The first kappa shape index (κ1) is 25.9. The van der Waals surface area contributed by atoms with E-state index in [0.29, 0.717) is 22.4 Å². The van der Waals surface area contributed by atoms with Crippen LogP contribution in [0.15, 0.2) is 64.4 Å². The third kappa shape index (κ3) is 4.99. The molecule has 1 aliphatic rings. The van der Waals surface area contributed by atoms with E-state index in [9.17, 15) is 18.4 Å². The number of ether oxygens (including phenoxy) is 1. The largest absolute Gasteiger partial charge is 0.434 e. The monoisotopic (exact) mass is 565 g/mol. The molecule has 0 aliphatic carbocycles. The second kappa shape index (κ2) is 10.6. The van der Waals surface area contributed by atoms with Crippen LogP contribution in [0.3, 0.4) is 0 Å². The average Bonchev–Trinajstić information content (AvgIpc) is 3.50. The summed E-state index contributed by atoms with van der Waals surface area (Å²) in [6, 6.07) is 12.0. The molecule has 0 unspecified atom stereocenters. The van der Waals surface area contributed by atoms with Crippen LogP contribution >= 0.6 is 11.5 Å². The van der Waals surface area contributed by atoms with Crippen LogP contribution in [0.4, 0.5) is 14.7 Å². The molecule has 0 saturated carbocycles. The molecule has 6 rings (SSSR count). The number of nitrogens with one attached hydrogen (secondary N) is 1. The van der Waals surface area contributed by atoms with Gasteiger partial charge in [0.25, 0.3) is 5.56 Å². The standard InChI is InChI=1S/C27H25F2N7O3S/c1-34-24(37)20-7-6-17(12-21(20)36(34)15-18-4-2-3-5-22(18)39-25(28)29)19-13-30-26(31-14-19)35-10-8-16(9-11-35)23-32-27(38)40-33-23/h2-7,12-14,16,25H,8-11,15H2,1H3,(H,32,33,38). The summed E-state index contributed by atoms with van der Waals surface area (Å²) in [5.74, 6) is 1.67. The van der Waals surface area contributed by atoms with Crippen molar-refractivity contribution in [3.05, 3.63) is 86.3 Å². The van der Waals surface area contributed by atoms with Gasteiger partial charge in [0.2, 0.25) is 5.95 Å². The number of anilines is 1. The quantitative estimate of drug-likeness (QED) is 0.318. The Hall–Kier alpha value is -4.39. The van der Waals surface area contributed by atoms with Gasteiger partial charge in [-0.2, -0.15) is 13.2 Å². The zero-order valence-corrected chi connectivity index (χ0v) is 22.3. The maximum absolute atomic E-state index is 12.9. The van der Waals surface area contributed by atoms with Gasteiger partial charge in [0.1, 0.15) is 11.6 Å². The molecule has 0 amide bonds. The molecule has 1 N–H and O–H groups in total. The minimum absolute atomic E-state index is 0.0656. The number of hydrogen-bond donors (Lipinski definition) is 1. The van der Waals surface area contributed by atoms with Gasteiger partial charge in [0, 0.05) is 61.1 Å². The molecule has 2 aromatic carbocycles. The second-order valence-electron chi connectivity index (χ2n) is 9.62. The summed E-state index contributed by atoms with van der Waals surface area (Å²) in [4.78, 5) is 38.3. The molecular formula is C27H25F2N7O3S. The number of aromatic nitrogens is 6. The van der Waals surface area contributed by atoms with E-state index in [1.807, 2.05) is 12.1 Å². The number of aromatic amines is 1. The van der Waals surface area contributed by atoms with E-state index in [-0.39, 0.29) is 28.6 Å². The number of rotatable bonds is 7. The summed E-state index contributed by atoms with van der Waals surface area (Å²) in [5.41, 5.74) is 2.60. The van der Waals surface area contributed by atoms with Crippen molar-refractivity contribution >= 4 is 28.4 Å². The number of alkyl halides is 2. The summed E-state index contributed by atoms with van der Waals surface area (Å²) < 4.78 is 38.0. The Balaban J connectivity index is 1.24. The van der Waals surface area contributed by atoms with Crippen molar-refractivity contribution in [2.24, 2.45) is 7.05 Å². The molecule has 0 spiro atoms. The number of fused-ring (bicyclic) bond motifs is 1. The van der Waals surface area contributed by atoms with E-state index in [1.165, 1.54) is 10.7 Å². The Morgan fingerprint density at radius 1 is 1.07 bits per heavy atom. The summed E-state index contributed by atoms with van der Waals surface area (Å²) >= 11 is 0.949. The summed E-state index contributed by atoms with van der Waals surface area (Å²) in [7, 11) is 1.64. The third-order valence-electron chi connectivity index (χ3n) is 7.26. The Morgan fingerprint density at radius 2 is 1.82 bits per heavy atom. The normalized spacial score (nSPS) is 14.3. The highest BCUT2D eigenvalue weighted by Gasteiger charge is 2.24. The lowest BCUT2D eigenvalue weighted by atomic mass is 9.96. The highest BCUT2D eigenvalue weighted by atomic mass is 32.1. The Kier molecular flexibility index (Phi) is 6.88. The zero-order chi connectivity index (χ0) is 27.8. The number of benzene rings is 2. The first-order valence-electron chi connectivity index (χ1n) is 12.7. The zero-order valence-electron chi connectivity index (χ0n) is 21.5. The van der Waals surface area contributed by atoms with Gasteiger partial charge in [-0.25, -0.2) is 9.97 Å². The van der Waals surface area contributed by atoms with E-state index in [2.05, 4.69) is 29.0 Å². The molecule has 3 aromatic heterocycles. The molecule has 1 saturated heterocycles. The van der Waals surface area contributed by atoms with Gasteiger partial charge in [-0.3, -0.25) is 23.9 Å². The highest BCUT2D eigenvalue weighted by Crippen LogP contribution is 2.29. The number of halogens is 2. The van der Waals surface area contributed by atoms with Crippen LogP contribution in [0.5, 0.6) is 5.75 Å². The predicted molar refractivity (Wildman–Crippen MR) is 147 cm³/mol. The van der Waals surface area contributed by atoms with Crippen molar-refractivity contribution in [2.45, 2.75) is 31.9 Å². The SMILES string of the molecule is Cn1c(=O)c2ccc(-c3cnc(N4CCC(c5nsc(=O)[nH]5)CC4)nc3)cc2n1Cc1ccccc1OC(F)F. The fraction of sp³-hybridized carbons (Fsp3) is 0.296. The highest BCUT2D eigenvalue weighted by molar-refractivity contribution is 7.02. The van der Waals surface area contributed by atoms with Gasteiger partial charge in [-0.05, 0) is 36.6 Å². The first-order chi connectivity index (χ1) is 19.4. The van der Waals surface area contributed by atoms with E-state index in [1.54, 1.807) is 48.4 Å². The van der Waals surface area contributed by atoms with Crippen LogP contribution in [0.1, 0.15) is 30.1 Å². The van der Waals surface area contributed by atoms with Crippen molar-refractivity contribution in [1.82, 2.24) is 28.7 Å². The van der Waals surface area contributed by atoms with Crippen LogP contribution in [-0.4, -0.2) is 48.4 Å². The fourth-order valence-corrected chi connectivity index (χ4v) is 5.68. The second-order valence-corrected chi connectivity index (χ2v) is 10.4. The minimum Gasteiger partial charge on any atom is -0.434 e. The molecule has 1 aliphatic heterocycles. The molecule has 5 aromatic rings. The van der Waals surface area contributed by atoms with Gasteiger partial charge in [-0.15, -0.1) is 0 Å². The number of piperidine rings is 1. The maximum Gasteiger partial charge on any atom is 0.387 e. The van der Waals surface area contributed by atoms with Gasteiger partial charge in [0.15, 0.2) is 0 Å². The van der Waals surface area contributed by atoms with Gasteiger partial charge >= 0.3 is 11.5 Å². The molecule has 13 heteroatoms. The summed E-state index contributed by atoms with van der Waals surface area (Å²) in [6.45, 7) is -1.27. The topological polar surface area (TPSA) is 111 Å². The maximum atomic E-state index is 12.9. The minimum atomic E-state index is -2.95. The van der Waals surface area contributed by atoms with E-state index in [0.717, 1.165) is 54.4 Å². The third-order valence-corrected chi connectivity index (χ3v) is 7.82. The Labute approximate surface area is 230 Å². The number of hydrogen-bond acceptors (Lipinski definition) is 8. The Morgan fingerprint density at radius 3 is 2.52 bits per heavy atom. The van der Waals surface area contributed by atoms with Crippen LogP contribution in [-0.2, 0) is 13.6 Å². The first-order valence-corrected chi connectivity index (χ1v) is 13.5. The fourth-order valence-electron chi connectivity index (χ4n) is 5.15. The van der Waals surface area contributed by atoms with Gasteiger partial charge < -0.3 is 9.64 Å². The van der Waals surface area contributed by atoms with Crippen LogP contribution in [0.2, 0.25) is 0 Å². The van der Waals surface area contributed by atoms with E-state index >= 15 is 0 Å². The van der Waals surface area contributed by atoms with Crippen LogP contribution < -0.4 is 20.1 Å². The van der Waals surface area contributed by atoms with Crippen LogP contribution in [0.25, 0.3) is 22.0 Å². The van der Waals surface area contributed by atoms with E-state index < -0.39 is 6.61 Å². The lowest BCUT2D eigenvalue weighted by molar-refractivity contribution is -0.0505. The van der Waals surface area contributed by atoms with E-state index in [4.69, 9.17) is 0 Å². The molecule has 0 radical (unpaired) electrons. The van der Waals surface area contributed by atoms with Crippen LogP contribution in [0, 0.1) is 0 Å². The molecule has 0 atom stereocenters. The van der Waals surface area contributed by atoms with Crippen molar-refractivity contribution < 1.29 is 13.5 Å². The van der Waals surface area contributed by atoms with Gasteiger partial charge in [0.05, 0.1) is 17.4 Å². The molecule has 1 fully saturated rings. The number of nitrogens with zero attached hydrogens (tertiary/aromatic N) is 6. The molecule has 40 heavy (non-hydrogen) atoms. The molecular weight excluding hydrogens is 540 g/mol. The average molecular weight is 566 g/mol. The lowest BCUT2D eigenvalue weighted by Gasteiger charge is -2.30. The van der Waals surface area contributed by atoms with Crippen molar-refractivity contribution in [1.29, 1.82) is 0 Å². The van der Waals surface area contributed by atoms with Crippen molar-refractivity contribution in [3.63, 3.8) is 0 Å². The molecule has 206 valence electrons.